The van der Waals surface area contributed by atoms with Crippen molar-refractivity contribution in [2.24, 2.45) is 5.41 Å². The molecule has 5 heteroatoms. The van der Waals surface area contributed by atoms with E-state index < -0.39 is 5.41 Å². The lowest BCUT2D eigenvalue weighted by Crippen LogP contribution is -2.42. The standard InChI is InChI=1S/C17H23N3O2/c1-17(2,3)16(22)20-11-15(21)18-9-8-12-10-19-14-7-5-4-6-13(12)14/h4-7,10,19H,8-9,11H2,1-3H3,(H,18,21)(H,20,22). The first-order valence-electron chi connectivity index (χ1n) is 7.48. The molecule has 1 aromatic heterocycles. The summed E-state index contributed by atoms with van der Waals surface area (Å²) in [5.41, 5.74) is 1.79. The third-order valence-corrected chi connectivity index (χ3v) is 3.48. The monoisotopic (exact) mass is 301 g/mol. The Bertz CT molecular complexity index is 668. The summed E-state index contributed by atoms with van der Waals surface area (Å²) in [4.78, 5) is 26.6. The first-order valence-corrected chi connectivity index (χ1v) is 7.48. The minimum atomic E-state index is -0.482. The first kappa shape index (κ1) is 16.1. The number of rotatable bonds is 5. The predicted octanol–water partition coefficient (Wildman–Crippen LogP) is 1.99. The van der Waals surface area contributed by atoms with Crippen molar-refractivity contribution in [3.8, 4) is 0 Å². The van der Waals surface area contributed by atoms with E-state index in [2.05, 4.69) is 21.7 Å². The van der Waals surface area contributed by atoms with Crippen LogP contribution in [0, 0.1) is 5.41 Å². The van der Waals surface area contributed by atoms with Crippen molar-refractivity contribution in [3.05, 3.63) is 36.0 Å². The maximum absolute atomic E-state index is 11.7. The van der Waals surface area contributed by atoms with E-state index in [4.69, 9.17) is 0 Å². The number of aromatic nitrogens is 1. The summed E-state index contributed by atoms with van der Waals surface area (Å²) in [6.07, 6.45) is 2.72. The van der Waals surface area contributed by atoms with E-state index in [9.17, 15) is 9.59 Å². The van der Waals surface area contributed by atoms with Crippen LogP contribution < -0.4 is 10.6 Å². The molecule has 0 aliphatic carbocycles. The summed E-state index contributed by atoms with van der Waals surface area (Å²) in [5, 5.41) is 6.64. The molecule has 0 aliphatic rings. The van der Waals surface area contributed by atoms with Gasteiger partial charge in [0.05, 0.1) is 6.54 Å². The third-order valence-electron chi connectivity index (χ3n) is 3.48. The number of aromatic amines is 1. The third kappa shape index (κ3) is 4.10. The van der Waals surface area contributed by atoms with Gasteiger partial charge in [-0.15, -0.1) is 0 Å². The van der Waals surface area contributed by atoms with Crippen molar-refractivity contribution in [3.63, 3.8) is 0 Å². The zero-order valence-electron chi connectivity index (χ0n) is 13.3. The summed E-state index contributed by atoms with van der Waals surface area (Å²) in [5.74, 6) is -0.295. The topological polar surface area (TPSA) is 74.0 Å². The van der Waals surface area contributed by atoms with Gasteiger partial charge in [-0.2, -0.15) is 0 Å². The zero-order chi connectivity index (χ0) is 16.2. The number of hydrogen-bond donors (Lipinski definition) is 3. The van der Waals surface area contributed by atoms with Crippen molar-refractivity contribution < 1.29 is 9.59 Å². The number of H-pyrrole nitrogens is 1. The molecule has 1 heterocycles. The van der Waals surface area contributed by atoms with Crippen LogP contribution in [0.2, 0.25) is 0 Å². The number of benzene rings is 1. The van der Waals surface area contributed by atoms with Gasteiger partial charge in [0.25, 0.3) is 0 Å². The SMILES string of the molecule is CC(C)(C)C(=O)NCC(=O)NCCc1c[nH]c2ccccc12. The molecule has 0 spiro atoms. The van der Waals surface area contributed by atoms with Crippen LogP contribution in [0.3, 0.4) is 0 Å². The van der Waals surface area contributed by atoms with Gasteiger partial charge in [0.1, 0.15) is 0 Å². The second-order valence-electron chi connectivity index (χ2n) is 6.39. The highest BCUT2D eigenvalue weighted by Crippen LogP contribution is 2.17. The fraction of sp³-hybridized carbons (Fsp3) is 0.412. The van der Waals surface area contributed by atoms with Gasteiger partial charge < -0.3 is 15.6 Å². The second kappa shape index (κ2) is 6.64. The molecule has 0 saturated heterocycles. The normalized spacial score (nSPS) is 11.4. The fourth-order valence-corrected chi connectivity index (χ4v) is 2.16. The number of carbonyl (C=O) groups is 2. The van der Waals surface area contributed by atoms with Crippen LogP contribution in [0.5, 0.6) is 0 Å². The predicted molar refractivity (Wildman–Crippen MR) is 87.5 cm³/mol. The molecule has 0 atom stereocenters. The molecular formula is C17H23N3O2. The number of amides is 2. The average Bonchev–Trinajstić information content (AvgIpc) is 2.87. The number of fused-ring (bicyclic) bond motifs is 1. The lowest BCUT2D eigenvalue weighted by Gasteiger charge is -2.17. The maximum atomic E-state index is 11.7. The molecule has 0 unspecified atom stereocenters. The van der Waals surface area contributed by atoms with Gasteiger partial charge in [0.2, 0.25) is 11.8 Å². The Morgan fingerprint density at radius 2 is 1.86 bits per heavy atom. The van der Waals surface area contributed by atoms with Gasteiger partial charge in [-0.3, -0.25) is 9.59 Å². The van der Waals surface area contributed by atoms with Gasteiger partial charge in [-0.05, 0) is 18.1 Å². The van der Waals surface area contributed by atoms with Crippen LogP contribution in [-0.4, -0.2) is 29.9 Å². The highest BCUT2D eigenvalue weighted by atomic mass is 16.2. The van der Waals surface area contributed by atoms with E-state index in [1.54, 1.807) is 0 Å². The van der Waals surface area contributed by atoms with E-state index in [0.717, 1.165) is 11.9 Å². The van der Waals surface area contributed by atoms with Crippen molar-refractivity contribution in [1.29, 1.82) is 0 Å². The number of para-hydroxylation sites is 1. The van der Waals surface area contributed by atoms with E-state index >= 15 is 0 Å². The van der Waals surface area contributed by atoms with Crippen LogP contribution in [0.15, 0.2) is 30.5 Å². The number of nitrogens with one attached hydrogen (secondary N) is 3. The molecule has 2 rings (SSSR count). The largest absolute Gasteiger partial charge is 0.361 e. The number of hydrogen-bond acceptors (Lipinski definition) is 2. The summed E-state index contributed by atoms with van der Waals surface area (Å²) >= 11 is 0. The molecule has 1 aromatic carbocycles. The Kier molecular flexibility index (Phi) is 4.85. The highest BCUT2D eigenvalue weighted by Gasteiger charge is 2.21. The first-order chi connectivity index (χ1) is 10.4. The minimum absolute atomic E-state index is 0.0178. The zero-order valence-corrected chi connectivity index (χ0v) is 13.3. The Morgan fingerprint density at radius 1 is 1.14 bits per heavy atom. The molecule has 5 nitrogen and oxygen atoms in total. The summed E-state index contributed by atoms with van der Waals surface area (Å²) in [6, 6.07) is 8.08. The summed E-state index contributed by atoms with van der Waals surface area (Å²) in [6.45, 7) is 6.02. The van der Waals surface area contributed by atoms with Crippen LogP contribution >= 0.6 is 0 Å². The van der Waals surface area contributed by atoms with Crippen molar-refractivity contribution in [1.82, 2.24) is 15.6 Å². The summed E-state index contributed by atoms with van der Waals surface area (Å²) < 4.78 is 0. The Hall–Kier alpha value is -2.30. The van der Waals surface area contributed by atoms with E-state index in [-0.39, 0.29) is 18.4 Å². The quantitative estimate of drug-likeness (QED) is 0.790. The lowest BCUT2D eigenvalue weighted by molar-refractivity contribution is -0.131. The smallest absolute Gasteiger partial charge is 0.239 e. The summed E-state index contributed by atoms with van der Waals surface area (Å²) in [7, 11) is 0. The highest BCUT2D eigenvalue weighted by molar-refractivity contribution is 5.87. The van der Waals surface area contributed by atoms with Crippen LogP contribution in [0.1, 0.15) is 26.3 Å². The second-order valence-corrected chi connectivity index (χ2v) is 6.39. The van der Waals surface area contributed by atoms with E-state index in [1.807, 2.05) is 45.2 Å². The molecule has 0 fully saturated rings. The molecule has 0 aliphatic heterocycles. The van der Waals surface area contributed by atoms with E-state index in [0.29, 0.717) is 6.54 Å². The average molecular weight is 301 g/mol. The van der Waals surface area contributed by atoms with Crippen molar-refractivity contribution >= 4 is 22.7 Å². The van der Waals surface area contributed by atoms with Crippen LogP contribution in [0.25, 0.3) is 10.9 Å². The van der Waals surface area contributed by atoms with Gasteiger partial charge in [0, 0.05) is 29.1 Å². The van der Waals surface area contributed by atoms with Gasteiger partial charge >= 0.3 is 0 Å². The molecule has 0 bridgehead atoms. The maximum Gasteiger partial charge on any atom is 0.239 e. The van der Waals surface area contributed by atoms with Gasteiger partial charge in [-0.25, -0.2) is 0 Å². The molecular weight excluding hydrogens is 278 g/mol. The Labute approximate surface area is 130 Å². The minimum Gasteiger partial charge on any atom is -0.361 e. The Morgan fingerprint density at radius 3 is 2.59 bits per heavy atom. The van der Waals surface area contributed by atoms with Crippen molar-refractivity contribution in [2.75, 3.05) is 13.1 Å². The Balaban J connectivity index is 1.77. The molecule has 22 heavy (non-hydrogen) atoms. The molecule has 3 N–H and O–H groups in total. The fourth-order valence-electron chi connectivity index (χ4n) is 2.16. The molecule has 2 amide bonds. The van der Waals surface area contributed by atoms with Crippen molar-refractivity contribution in [2.45, 2.75) is 27.2 Å². The number of carbonyl (C=O) groups excluding carboxylic acids is 2. The molecule has 0 saturated carbocycles. The lowest BCUT2D eigenvalue weighted by atomic mass is 9.96. The van der Waals surface area contributed by atoms with Crippen LogP contribution in [0.4, 0.5) is 0 Å². The molecule has 118 valence electrons. The van der Waals surface area contributed by atoms with Gasteiger partial charge in [-0.1, -0.05) is 39.0 Å². The van der Waals surface area contributed by atoms with Crippen LogP contribution in [-0.2, 0) is 16.0 Å². The molecule has 2 aromatic rings. The van der Waals surface area contributed by atoms with E-state index in [1.165, 1.54) is 10.9 Å². The van der Waals surface area contributed by atoms with Gasteiger partial charge in [0.15, 0.2) is 0 Å². The molecule has 0 radical (unpaired) electrons.